The van der Waals surface area contributed by atoms with E-state index in [-0.39, 0.29) is 29.6 Å². The third kappa shape index (κ3) is 5.67. The number of likely N-dealkylation sites (tertiary alicyclic amines) is 1. The fourth-order valence-electron chi connectivity index (χ4n) is 7.59. The third-order valence-corrected chi connectivity index (χ3v) is 9.77. The quantitative estimate of drug-likeness (QED) is 0.371. The van der Waals surface area contributed by atoms with Crippen molar-refractivity contribution in [3.8, 4) is 0 Å². The van der Waals surface area contributed by atoms with Crippen LogP contribution in [0.2, 0.25) is 0 Å². The highest BCUT2D eigenvalue weighted by Crippen LogP contribution is 2.49. The lowest BCUT2D eigenvalue weighted by Gasteiger charge is -2.51. The van der Waals surface area contributed by atoms with E-state index in [1.807, 2.05) is 0 Å². The Morgan fingerprint density at radius 1 is 1.15 bits per heavy atom. The summed E-state index contributed by atoms with van der Waals surface area (Å²) >= 11 is 0. The van der Waals surface area contributed by atoms with Crippen molar-refractivity contribution in [2.45, 2.75) is 83.3 Å². The zero-order valence-electron chi connectivity index (χ0n) is 23.3. The molecule has 1 aliphatic carbocycles. The number of fused-ring (bicyclic) bond motifs is 1. The Bertz CT molecular complexity index is 1290. The number of imidazole rings is 1. The van der Waals surface area contributed by atoms with Gasteiger partial charge >= 0.3 is 11.9 Å². The summed E-state index contributed by atoms with van der Waals surface area (Å²) < 4.78 is 78.1. The number of piperidine rings is 1. The monoisotopic (exact) mass is 586 g/mol. The first-order valence-electron chi connectivity index (χ1n) is 14.7. The smallest absolute Gasteiger partial charge is 0.380 e. The number of hydrogen-bond acceptors (Lipinski definition) is 6. The molecule has 13 heteroatoms. The molecule has 3 aliphatic heterocycles. The van der Waals surface area contributed by atoms with Crippen LogP contribution in [-0.2, 0) is 17.5 Å². The highest BCUT2D eigenvalue weighted by molar-refractivity contribution is 5.56. The number of aromatic nitrogens is 2. The second kappa shape index (κ2) is 11.2. The average Bonchev–Trinajstić information content (AvgIpc) is 3.50. The molecule has 3 unspecified atom stereocenters. The summed E-state index contributed by atoms with van der Waals surface area (Å²) in [6.45, 7) is 2.51. The number of nitrogens with zero attached hydrogens (tertiary/aromatic N) is 4. The topological polar surface area (TPSA) is 66.2 Å². The Morgan fingerprint density at radius 3 is 2.63 bits per heavy atom. The molecule has 0 spiro atoms. The van der Waals surface area contributed by atoms with Gasteiger partial charge in [-0.05, 0) is 68.5 Å². The van der Waals surface area contributed by atoms with Crippen LogP contribution >= 0.6 is 0 Å². The van der Waals surface area contributed by atoms with Crippen LogP contribution in [-0.4, -0.2) is 64.5 Å². The molecule has 0 radical (unpaired) electrons. The fourth-order valence-corrected chi connectivity index (χ4v) is 7.59. The van der Waals surface area contributed by atoms with E-state index in [4.69, 9.17) is 4.74 Å². The Hall–Kier alpha value is -2.06. The maximum absolute atomic E-state index is 14.3. The van der Waals surface area contributed by atoms with Gasteiger partial charge in [0.05, 0.1) is 37.1 Å². The molecule has 5 heterocycles. The average molecular weight is 587 g/mol. The van der Waals surface area contributed by atoms with Crippen LogP contribution in [0.5, 0.6) is 0 Å². The number of alkyl halides is 5. The molecule has 2 aromatic rings. The van der Waals surface area contributed by atoms with Crippen LogP contribution in [0.15, 0.2) is 23.3 Å². The zero-order valence-corrected chi connectivity index (χ0v) is 23.3. The zero-order chi connectivity index (χ0) is 28.9. The first-order chi connectivity index (χ1) is 19.5. The van der Waals surface area contributed by atoms with Crippen LogP contribution < -0.4 is 16.5 Å². The van der Waals surface area contributed by atoms with Gasteiger partial charge in [0.1, 0.15) is 0 Å². The number of halogens is 5. The van der Waals surface area contributed by atoms with E-state index in [0.29, 0.717) is 50.5 Å². The molecule has 2 aromatic heterocycles. The lowest BCUT2D eigenvalue weighted by Crippen LogP contribution is -2.55. The van der Waals surface area contributed by atoms with E-state index in [1.165, 1.54) is 21.2 Å². The van der Waals surface area contributed by atoms with Gasteiger partial charge in [-0.3, -0.25) is 13.9 Å². The molecular weight excluding hydrogens is 547 g/mol. The minimum Gasteiger partial charge on any atom is -0.380 e. The molecular formula is C28H39F5N6O2. The highest BCUT2D eigenvalue weighted by Gasteiger charge is 2.50. The summed E-state index contributed by atoms with van der Waals surface area (Å²) in [5.41, 5.74) is 4.51. The maximum atomic E-state index is 14.3. The van der Waals surface area contributed by atoms with Gasteiger partial charge < -0.3 is 4.74 Å². The van der Waals surface area contributed by atoms with E-state index < -0.39 is 30.1 Å². The lowest BCUT2D eigenvalue weighted by atomic mass is 9.64. The van der Waals surface area contributed by atoms with Gasteiger partial charge in [-0.15, -0.1) is 0 Å². The molecule has 6 rings (SSSR count). The number of ether oxygens (including phenoxy) is 1. The summed E-state index contributed by atoms with van der Waals surface area (Å²) in [6, 6.07) is 0.923. The van der Waals surface area contributed by atoms with Crippen molar-refractivity contribution in [1.29, 1.82) is 0 Å². The van der Waals surface area contributed by atoms with E-state index >= 15 is 0 Å². The molecule has 0 aromatic carbocycles. The number of hydrazine groups is 1. The Balaban J connectivity index is 1.27. The first-order valence-corrected chi connectivity index (χ1v) is 14.7. The second-order valence-corrected chi connectivity index (χ2v) is 12.7. The summed E-state index contributed by atoms with van der Waals surface area (Å²) in [7, 11) is 0. The molecule has 41 heavy (non-hydrogen) atoms. The predicted molar refractivity (Wildman–Crippen MR) is 142 cm³/mol. The number of pyridine rings is 1. The van der Waals surface area contributed by atoms with E-state index in [9.17, 15) is 26.7 Å². The molecule has 0 bridgehead atoms. The summed E-state index contributed by atoms with van der Waals surface area (Å²) in [4.78, 5) is 16.9. The van der Waals surface area contributed by atoms with Crippen LogP contribution in [0.3, 0.4) is 0 Å². The van der Waals surface area contributed by atoms with Gasteiger partial charge in [0.2, 0.25) is 0 Å². The van der Waals surface area contributed by atoms with Gasteiger partial charge in [0.15, 0.2) is 0 Å². The Kier molecular flexibility index (Phi) is 7.94. The van der Waals surface area contributed by atoms with Crippen molar-refractivity contribution in [1.82, 2.24) is 29.6 Å². The van der Waals surface area contributed by atoms with Gasteiger partial charge in [0.25, 0.3) is 6.55 Å². The van der Waals surface area contributed by atoms with Crippen LogP contribution in [0, 0.1) is 17.3 Å². The molecule has 1 saturated carbocycles. The summed E-state index contributed by atoms with van der Waals surface area (Å²) in [5, 5.41) is 0. The molecule has 8 nitrogen and oxygen atoms in total. The SMILES string of the molecule is C[C@H]1CCCN(Cc2cc(C(F)(F)F)c3cn(C4CCCC(C5(CC6NNCN6C(F)F)COC5)C4)c(=O)n3c2)C1. The molecule has 3 saturated heterocycles. The molecule has 2 N–H and O–H groups in total. The summed E-state index contributed by atoms with van der Waals surface area (Å²) in [5.74, 6) is 0.590. The first kappa shape index (κ1) is 29.0. The highest BCUT2D eigenvalue weighted by atomic mass is 19.4. The third-order valence-electron chi connectivity index (χ3n) is 9.77. The normalized spacial score (nSPS) is 29.8. The molecule has 4 fully saturated rings. The number of nitrogens with one attached hydrogen (secondary N) is 2. The summed E-state index contributed by atoms with van der Waals surface area (Å²) in [6.07, 6.45) is 3.31. The van der Waals surface area contributed by atoms with Gasteiger partial charge in [-0.25, -0.2) is 20.5 Å². The van der Waals surface area contributed by atoms with Gasteiger partial charge in [0, 0.05) is 36.9 Å². The van der Waals surface area contributed by atoms with Crippen molar-refractivity contribution >= 4 is 5.52 Å². The maximum Gasteiger partial charge on any atom is 0.418 e. The number of hydrogen-bond donors (Lipinski definition) is 2. The largest absolute Gasteiger partial charge is 0.418 e. The fraction of sp³-hybridized carbons (Fsp3) is 0.750. The van der Waals surface area contributed by atoms with Crippen molar-refractivity contribution < 1.29 is 26.7 Å². The van der Waals surface area contributed by atoms with E-state index in [2.05, 4.69) is 22.7 Å². The second-order valence-electron chi connectivity index (χ2n) is 12.7. The number of rotatable bonds is 7. The minimum atomic E-state index is -4.60. The van der Waals surface area contributed by atoms with Crippen molar-refractivity contribution in [3.05, 3.63) is 40.1 Å². The molecule has 4 aliphatic rings. The van der Waals surface area contributed by atoms with Crippen molar-refractivity contribution in [3.63, 3.8) is 0 Å². The standard InChI is InChI=1S/C28H39F5N6O2/c1-18-4-3-7-36(11-18)12-19-8-22(28(31,32)33)23-14-37(26(40)38(23)13-19)21-6-2-5-20(9-21)27(15-41-16-27)10-24-35-34-17-39(24)25(29)30/h8,13-14,18,20-21,24-25,34-35H,2-7,9-12,15-17H2,1H3/t18-,20?,21?,24?/m0/s1. The van der Waals surface area contributed by atoms with Crippen LogP contribution in [0.4, 0.5) is 22.0 Å². The van der Waals surface area contributed by atoms with Gasteiger partial charge in [-0.2, -0.15) is 22.0 Å². The predicted octanol–water partition coefficient (Wildman–Crippen LogP) is 4.41. The van der Waals surface area contributed by atoms with E-state index in [1.54, 1.807) is 6.20 Å². The molecule has 228 valence electrons. The van der Waals surface area contributed by atoms with Crippen LogP contribution in [0.1, 0.15) is 69.0 Å². The van der Waals surface area contributed by atoms with E-state index in [0.717, 1.165) is 43.7 Å². The Labute approximate surface area is 235 Å². The minimum absolute atomic E-state index is 0.0413. The van der Waals surface area contributed by atoms with Crippen LogP contribution in [0.25, 0.3) is 5.52 Å². The van der Waals surface area contributed by atoms with Gasteiger partial charge in [-0.1, -0.05) is 13.3 Å². The lowest BCUT2D eigenvalue weighted by molar-refractivity contribution is -0.173. The Morgan fingerprint density at radius 2 is 1.95 bits per heavy atom. The molecule has 4 atom stereocenters. The van der Waals surface area contributed by atoms with Crippen molar-refractivity contribution in [2.75, 3.05) is 33.0 Å². The molecule has 0 amide bonds. The van der Waals surface area contributed by atoms with Crippen molar-refractivity contribution in [2.24, 2.45) is 17.3 Å².